The lowest BCUT2D eigenvalue weighted by atomic mass is 9.94. The molecule has 0 aliphatic heterocycles. The molecule has 0 amide bonds. The molecule has 0 N–H and O–H groups in total. The molecule has 2 aliphatic rings. The summed E-state index contributed by atoms with van der Waals surface area (Å²) in [5.41, 5.74) is 0.707. The Morgan fingerprint density at radius 2 is 0.960 bits per heavy atom. The van der Waals surface area contributed by atoms with E-state index in [0.29, 0.717) is 128 Å². The normalized spacial score (nSPS) is 17.8. The van der Waals surface area contributed by atoms with Gasteiger partial charge in [-0.25, -0.2) is 0 Å². The highest BCUT2D eigenvalue weighted by Crippen LogP contribution is 2.44. The quantitative estimate of drug-likeness (QED) is 0.0599. The van der Waals surface area contributed by atoms with Gasteiger partial charge in [0, 0.05) is 21.3 Å². The van der Waals surface area contributed by atoms with E-state index in [1.54, 1.807) is 21.3 Å². The highest BCUT2D eigenvalue weighted by atomic mass is 16.6. The van der Waals surface area contributed by atoms with Crippen LogP contribution in [0.3, 0.4) is 0 Å². The third kappa shape index (κ3) is 17.1. The minimum Gasteiger partial charge on any atom is -0.487 e. The van der Waals surface area contributed by atoms with Crippen LogP contribution in [0.25, 0.3) is 0 Å². The van der Waals surface area contributed by atoms with E-state index in [0.717, 1.165) is 12.8 Å². The van der Waals surface area contributed by atoms with Gasteiger partial charge in [-0.05, 0) is 42.4 Å². The molecule has 3 unspecified atom stereocenters. The number of esters is 1. The zero-order chi connectivity index (χ0) is 35.5. The number of benzene rings is 1. The van der Waals surface area contributed by atoms with E-state index in [9.17, 15) is 4.79 Å². The minimum absolute atomic E-state index is 0.0697. The highest BCUT2D eigenvalue weighted by Gasteiger charge is 2.40. The van der Waals surface area contributed by atoms with Crippen LogP contribution in [0.4, 0.5) is 0 Å². The molecule has 14 heteroatoms. The maximum Gasteiger partial charge on any atom is 0.309 e. The molecule has 50 heavy (non-hydrogen) atoms. The summed E-state index contributed by atoms with van der Waals surface area (Å²) in [4.78, 5) is 13.0. The molecule has 0 saturated heterocycles. The van der Waals surface area contributed by atoms with Crippen LogP contribution in [0.5, 0.6) is 17.2 Å². The molecule has 0 radical (unpaired) electrons. The summed E-state index contributed by atoms with van der Waals surface area (Å²) in [5.74, 6) is 1.73. The molecule has 1 aromatic carbocycles. The summed E-state index contributed by atoms with van der Waals surface area (Å²) in [6.07, 6.45) is 6.21. The Morgan fingerprint density at radius 3 is 1.36 bits per heavy atom. The zero-order valence-corrected chi connectivity index (χ0v) is 30.1. The maximum absolute atomic E-state index is 13.0. The van der Waals surface area contributed by atoms with Gasteiger partial charge in [0.25, 0.3) is 0 Å². The molecule has 0 spiro atoms. The molecule has 14 nitrogen and oxygen atoms in total. The van der Waals surface area contributed by atoms with E-state index < -0.39 is 0 Å². The number of ether oxygens (including phenoxy) is 13. The van der Waals surface area contributed by atoms with E-state index in [4.69, 9.17) is 61.6 Å². The van der Waals surface area contributed by atoms with Crippen LogP contribution in [-0.4, -0.2) is 146 Å². The van der Waals surface area contributed by atoms with Gasteiger partial charge in [0.15, 0.2) is 11.5 Å². The van der Waals surface area contributed by atoms with Crippen LogP contribution < -0.4 is 14.2 Å². The van der Waals surface area contributed by atoms with Gasteiger partial charge in [0.1, 0.15) is 26.4 Å². The molecule has 286 valence electrons. The number of allylic oxidation sites excluding steroid dienone is 2. The molecular weight excluding hydrogens is 656 g/mol. The van der Waals surface area contributed by atoms with Gasteiger partial charge >= 0.3 is 5.97 Å². The number of rotatable bonds is 33. The maximum atomic E-state index is 13.0. The molecule has 0 aromatic heterocycles. The van der Waals surface area contributed by atoms with E-state index in [1.807, 2.05) is 12.1 Å². The van der Waals surface area contributed by atoms with E-state index in [-0.39, 0.29) is 44.2 Å². The molecule has 3 atom stereocenters. The Morgan fingerprint density at radius 1 is 0.540 bits per heavy atom. The SMILES string of the molecule is COCCOCCOCCOc1cc(COC(=O)C2CC3C=CC2C3)cc(OCCOCCOCCOC)c1OCCOCCOCCOC. The predicted molar refractivity (Wildman–Crippen MR) is 182 cm³/mol. The molecule has 1 fully saturated rings. The lowest BCUT2D eigenvalue weighted by Crippen LogP contribution is -2.21. The van der Waals surface area contributed by atoms with Gasteiger partial charge in [-0.1, -0.05) is 12.2 Å². The van der Waals surface area contributed by atoms with Crippen molar-refractivity contribution >= 4 is 5.97 Å². The molecule has 3 rings (SSSR count). The van der Waals surface area contributed by atoms with Crippen molar-refractivity contribution in [2.24, 2.45) is 17.8 Å². The van der Waals surface area contributed by atoms with Crippen LogP contribution in [0.1, 0.15) is 18.4 Å². The zero-order valence-electron chi connectivity index (χ0n) is 30.1. The summed E-state index contributed by atoms with van der Waals surface area (Å²) in [6.45, 7) is 7.50. The van der Waals surface area contributed by atoms with Gasteiger partial charge in [-0.3, -0.25) is 4.79 Å². The van der Waals surface area contributed by atoms with Crippen LogP contribution >= 0.6 is 0 Å². The molecule has 2 aliphatic carbocycles. The smallest absolute Gasteiger partial charge is 0.309 e. The average Bonchev–Trinajstić information content (AvgIpc) is 3.77. The second-order valence-electron chi connectivity index (χ2n) is 11.6. The van der Waals surface area contributed by atoms with Gasteiger partial charge < -0.3 is 61.6 Å². The third-order valence-electron chi connectivity index (χ3n) is 7.90. The number of carbonyl (C=O) groups is 1. The molecule has 1 aromatic rings. The van der Waals surface area contributed by atoms with Crippen LogP contribution in [0.2, 0.25) is 0 Å². The summed E-state index contributed by atoms with van der Waals surface area (Å²) in [5, 5.41) is 0. The fourth-order valence-corrected chi connectivity index (χ4v) is 5.40. The Hall–Kier alpha value is -2.53. The van der Waals surface area contributed by atoms with Crippen LogP contribution in [0, 0.1) is 17.8 Å². The number of hydrogen-bond acceptors (Lipinski definition) is 14. The van der Waals surface area contributed by atoms with E-state index in [1.165, 1.54) is 0 Å². The lowest BCUT2D eigenvalue weighted by Gasteiger charge is -2.20. The summed E-state index contributed by atoms with van der Waals surface area (Å²) in [7, 11) is 4.89. The lowest BCUT2D eigenvalue weighted by molar-refractivity contribution is -0.150. The molecular formula is C36H58O14. The fraction of sp³-hybridized carbons (Fsp3) is 0.750. The predicted octanol–water partition coefficient (Wildman–Crippen LogP) is 3.12. The first-order valence-electron chi connectivity index (χ1n) is 17.5. The number of carbonyl (C=O) groups excluding carboxylic acids is 1. The van der Waals surface area contributed by atoms with Gasteiger partial charge in [0.2, 0.25) is 5.75 Å². The van der Waals surface area contributed by atoms with Crippen molar-refractivity contribution in [2.75, 3.05) is 140 Å². The summed E-state index contributed by atoms with van der Waals surface area (Å²) in [6, 6.07) is 3.62. The third-order valence-corrected chi connectivity index (χ3v) is 7.90. The first-order valence-corrected chi connectivity index (χ1v) is 17.5. The Labute approximate surface area is 296 Å². The monoisotopic (exact) mass is 714 g/mol. The summed E-state index contributed by atoms with van der Waals surface area (Å²) >= 11 is 0. The van der Waals surface area contributed by atoms with E-state index in [2.05, 4.69) is 12.2 Å². The van der Waals surface area contributed by atoms with Crippen molar-refractivity contribution in [1.82, 2.24) is 0 Å². The minimum atomic E-state index is -0.183. The van der Waals surface area contributed by atoms with Gasteiger partial charge in [0.05, 0.1) is 105 Å². The average molecular weight is 715 g/mol. The second-order valence-corrected chi connectivity index (χ2v) is 11.6. The van der Waals surface area contributed by atoms with Crippen LogP contribution in [-0.2, 0) is 58.8 Å². The second kappa shape index (κ2) is 27.2. The van der Waals surface area contributed by atoms with Gasteiger partial charge in [-0.2, -0.15) is 0 Å². The summed E-state index contributed by atoms with van der Waals surface area (Å²) < 4.78 is 72.7. The molecule has 2 bridgehead atoms. The standard InChI is InChI=1S/C36H58O14/c1-38-6-9-41-12-15-44-18-21-47-33-26-30(28-50-36(37)32-25-29-4-5-31(32)24-29)27-34(48-22-19-45-16-13-42-10-7-39-2)35(33)49-23-20-46-17-14-43-11-8-40-3/h4-5,26-27,29,31-32H,6-25,28H2,1-3H3. The number of fused-ring (bicyclic) bond motifs is 2. The van der Waals surface area contributed by atoms with Crippen molar-refractivity contribution in [3.63, 3.8) is 0 Å². The van der Waals surface area contributed by atoms with Crippen molar-refractivity contribution in [3.05, 3.63) is 29.8 Å². The van der Waals surface area contributed by atoms with E-state index >= 15 is 0 Å². The van der Waals surface area contributed by atoms with Crippen molar-refractivity contribution in [2.45, 2.75) is 19.4 Å². The molecule has 1 saturated carbocycles. The first kappa shape index (κ1) is 41.9. The Bertz CT molecular complexity index is 1010. The Balaban J connectivity index is 1.61. The van der Waals surface area contributed by atoms with Crippen molar-refractivity contribution < 1.29 is 66.4 Å². The highest BCUT2D eigenvalue weighted by molar-refractivity contribution is 5.74. The first-order chi connectivity index (χ1) is 24.7. The van der Waals surface area contributed by atoms with Crippen LogP contribution in [0.15, 0.2) is 24.3 Å². The van der Waals surface area contributed by atoms with Crippen molar-refractivity contribution in [3.8, 4) is 17.2 Å². The topological polar surface area (TPSA) is 137 Å². The fourth-order valence-electron chi connectivity index (χ4n) is 5.40. The largest absolute Gasteiger partial charge is 0.487 e. The Kier molecular flexibility index (Phi) is 22.8. The molecule has 0 heterocycles. The number of methoxy groups -OCH3 is 3. The van der Waals surface area contributed by atoms with Crippen molar-refractivity contribution in [1.29, 1.82) is 0 Å². The number of hydrogen-bond donors (Lipinski definition) is 0. The van der Waals surface area contributed by atoms with Gasteiger partial charge in [-0.15, -0.1) is 0 Å².